The van der Waals surface area contributed by atoms with Gasteiger partial charge in [0.1, 0.15) is 12.5 Å². The van der Waals surface area contributed by atoms with Crippen LogP contribution >= 0.6 is 0 Å². The molecule has 0 aromatic heterocycles. The molecular formula is C12H13O2S+. The molecule has 2 aromatic carbocycles. The maximum Gasteiger partial charge on any atom is 0.158 e. The molecule has 0 saturated heterocycles. The topological polar surface area (TPSA) is 40.5 Å². The van der Waals surface area contributed by atoms with Gasteiger partial charge in [-0.2, -0.15) is 0 Å². The lowest BCUT2D eigenvalue weighted by atomic mass is 10.1. The van der Waals surface area contributed by atoms with Crippen LogP contribution in [0.15, 0.2) is 35.2 Å². The first-order valence-corrected chi connectivity index (χ1v) is 6.65. The first-order valence-electron chi connectivity index (χ1n) is 4.61. The minimum absolute atomic E-state index is 0.0632. The quantitative estimate of drug-likeness (QED) is 0.573. The minimum Gasteiger partial charge on any atom is -0.504 e. The lowest BCUT2D eigenvalue weighted by Gasteiger charge is -2.03. The molecule has 0 aliphatic rings. The zero-order valence-electron chi connectivity index (χ0n) is 8.69. The molecule has 0 unspecified atom stereocenters. The van der Waals surface area contributed by atoms with Crippen LogP contribution in [0.5, 0.6) is 11.5 Å². The average molecular weight is 221 g/mol. The number of phenolic OH excluding ortho intramolecular Hbond substituents is 2. The summed E-state index contributed by atoms with van der Waals surface area (Å²) in [6.45, 7) is 0. The smallest absolute Gasteiger partial charge is 0.158 e. The van der Waals surface area contributed by atoms with Crippen molar-refractivity contribution in [1.82, 2.24) is 0 Å². The Balaban J connectivity index is 2.66. The molecule has 78 valence electrons. The maximum absolute atomic E-state index is 9.40. The fourth-order valence-electron chi connectivity index (χ4n) is 1.51. The van der Waals surface area contributed by atoms with Crippen LogP contribution in [0, 0.1) is 0 Å². The Kier molecular flexibility index (Phi) is 2.49. The van der Waals surface area contributed by atoms with Crippen LogP contribution in [0.1, 0.15) is 0 Å². The van der Waals surface area contributed by atoms with Gasteiger partial charge in [-0.25, -0.2) is 0 Å². The molecule has 0 heterocycles. The molecular weight excluding hydrogens is 208 g/mol. The Bertz CT molecular complexity index is 506. The van der Waals surface area contributed by atoms with Gasteiger partial charge in [0.2, 0.25) is 0 Å². The van der Waals surface area contributed by atoms with Gasteiger partial charge in [0.25, 0.3) is 0 Å². The molecule has 2 N–H and O–H groups in total. The second-order valence-electron chi connectivity index (χ2n) is 3.67. The van der Waals surface area contributed by atoms with Crippen LogP contribution in [-0.4, -0.2) is 22.7 Å². The van der Waals surface area contributed by atoms with Gasteiger partial charge in [0.05, 0.1) is 0 Å². The molecule has 2 aromatic rings. The third-order valence-corrected chi connectivity index (χ3v) is 3.57. The van der Waals surface area contributed by atoms with E-state index < -0.39 is 0 Å². The van der Waals surface area contributed by atoms with Crippen molar-refractivity contribution in [2.24, 2.45) is 0 Å². The standard InChI is InChI=1S/C12H12O2S/c1-15(2)10-4-3-8-6-11(13)12(14)7-9(8)5-10/h3-7H,1-2H3,(H-,13,14)/p+1. The van der Waals surface area contributed by atoms with E-state index in [1.54, 1.807) is 12.1 Å². The first-order chi connectivity index (χ1) is 7.08. The SMILES string of the molecule is C[S+](C)c1ccc2cc(O)c(O)cc2c1. The van der Waals surface area contributed by atoms with E-state index in [-0.39, 0.29) is 22.4 Å². The van der Waals surface area contributed by atoms with Gasteiger partial charge in [0, 0.05) is 17.0 Å². The van der Waals surface area contributed by atoms with Gasteiger partial charge in [-0.15, -0.1) is 0 Å². The summed E-state index contributed by atoms with van der Waals surface area (Å²) < 4.78 is 0. The van der Waals surface area contributed by atoms with E-state index in [0.717, 1.165) is 10.8 Å². The summed E-state index contributed by atoms with van der Waals surface area (Å²) in [6.07, 6.45) is 4.31. The fourth-order valence-corrected chi connectivity index (χ4v) is 2.21. The summed E-state index contributed by atoms with van der Waals surface area (Å²) in [6, 6.07) is 9.26. The highest BCUT2D eigenvalue weighted by Gasteiger charge is 2.10. The summed E-state index contributed by atoms with van der Waals surface area (Å²) in [4.78, 5) is 1.26. The van der Waals surface area contributed by atoms with Crippen molar-refractivity contribution in [2.45, 2.75) is 4.90 Å². The van der Waals surface area contributed by atoms with Gasteiger partial charge >= 0.3 is 0 Å². The van der Waals surface area contributed by atoms with Gasteiger partial charge in [-0.1, -0.05) is 0 Å². The first kappa shape index (κ1) is 10.2. The van der Waals surface area contributed by atoms with Gasteiger partial charge in [-0.05, 0) is 35.0 Å². The maximum atomic E-state index is 9.40. The highest BCUT2D eigenvalue weighted by Crippen LogP contribution is 2.31. The zero-order chi connectivity index (χ0) is 11.0. The number of aromatic hydroxyl groups is 2. The number of fused-ring (bicyclic) bond motifs is 1. The number of hydrogen-bond donors (Lipinski definition) is 2. The van der Waals surface area contributed by atoms with Gasteiger partial charge in [-0.3, -0.25) is 0 Å². The van der Waals surface area contributed by atoms with E-state index in [9.17, 15) is 10.2 Å². The third-order valence-electron chi connectivity index (χ3n) is 2.38. The monoisotopic (exact) mass is 221 g/mol. The molecule has 0 bridgehead atoms. The second kappa shape index (κ2) is 3.66. The molecule has 2 rings (SSSR count). The zero-order valence-corrected chi connectivity index (χ0v) is 9.51. The van der Waals surface area contributed by atoms with E-state index in [0.29, 0.717) is 0 Å². The van der Waals surface area contributed by atoms with Crippen LogP contribution < -0.4 is 0 Å². The van der Waals surface area contributed by atoms with Crippen LogP contribution in [0.25, 0.3) is 10.8 Å². The molecule has 0 amide bonds. The molecule has 3 heteroatoms. The van der Waals surface area contributed by atoms with Gasteiger partial charge in [0.15, 0.2) is 16.4 Å². The number of benzene rings is 2. The average Bonchev–Trinajstić information content (AvgIpc) is 2.19. The molecule has 0 atom stereocenters. The van der Waals surface area contributed by atoms with E-state index in [4.69, 9.17) is 0 Å². The summed E-state index contributed by atoms with van der Waals surface area (Å²) in [7, 11) is 0.209. The highest BCUT2D eigenvalue weighted by molar-refractivity contribution is 7.95. The molecule has 15 heavy (non-hydrogen) atoms. The summed E-state index contributed by atoms with van der Waals surface area (Å²) in [5.74, 6) is -0.131. The van der Waals surface area contributed by atoms with E-state index in [2.05, 4.69) is 24.6 Å². The number of rotatable bonds is 1. The number of phenols is 2. The van der Waals surface area contributed by atoms with Crippen LogP contribution in [0.2, 0.25) is 0 Å². The van der Waals surface area contributed by atoms with Gasteiger partial charge < -0.3 is 10.2 Å². The molecule has 0 spiro atoms. The molecule has 0 saturated carbocycles. The minimum atomic E-state index is -0.0674. The van der Waals surface area contributed by atoms with Crippen LogP contribution in [-0.2, 0) is 10.9 Å². The molecule has 0 aliphatic carbocycles. The lowest BCUT2D eigenvalue weighted by molar-refractivity contribution is 0.405. The van der Waals surface area contributed by atoms with E-state index >= 15 is 0 Å². The predicted octanol–water partition coefficient (Wildman–Crippen LogP) is 2.49. The third kappa shape index (κ3) is 1.88. The van der Waals surface area contributed by atoms with E-state index in [1.165, 1.54) is 4.90 Å². The largest absolute Gasteiger partial charge is 0.504 e. The molecule has 0 aliphatic heterocycles. The van der Waals surface area contributed by atoms with Crippen molar-refractivity contribution in [3.05, 3.63) is 30.3 Å². The highest BCUT2D eigenvalue weighted by atomic mass is 32.2. The summed E-state index contributed by atoms with van der Waals surface area (Å²) in [5.41, 5.74) is 0. The van der Waals surface area contributed by atoms with Crippen molar-refractivity contribution in [3.8, 4) is 11.5 Å². The second-order valence-corrected chi connectivity index (χ2v) is 5.77. The van der Waals surface area contributed by atoms with Crippen LogP contribution in [0.3, 0.4) is 0 Å². The Labute approximate surface area is 91.5 Å². The number of hydrogen-bond acceptors (Lipinski definition) is 2. The van der Waals surface area contributed by atoms with Crippen LogP contribution in [0.4, 0.5) is 0 Å². The molecule has 0 fully saturated rings. The summed E-state index contributed by atoms with van der Waals surface area (Å²) in [5, 5.41) is 20.7. The summed E-state index contributed by atoms with van der Waals surface area (Å²) >= 11 is 0. The molecule has 2 nitrogen and oxygen atoms in total. The lowest BCUT2D eigenvalue weighted by Crippen LogP contribution is -1.94. The Morgan fingerprint density at radius 1 is 0.867 bits per heavy atom. The van der Waals surface area contributed by atoms with E-state index in [1.807, 2.05) is 6.07 Å². The Morgan fingerprint density at radius 3 is 2.07 bits per heavy atom. The molecule has 0 radical (unpaired) electrons. The predicted molar refractivity (Wildman–Crippen MR) is 64.8 cm³/mol. The fraction of sp³-hybridized carbons (Fsp3) is 0.167. The van der Waals surface area contributed by atoms with Crippen molar-refractivity contribution in [2.75, 3.05) is 12.5 Å². The van der Waals surface area contributed by atoms with Crippen molar-refractivity contribution in [1.29, 1.82) is 0 Å². The van der Waals surface area contributed by atoms with Crippen molar-refractivity contribution >= 4 is 21.7 Å². The Hall–Kier alpha value is -1.35. The Morgan fingerprint density at radius 2 is 1.47 bits per heavy atom. The van der Waals surface area contributed by atoms with Crippen molar-refractivity contribution in [3.63, 3.8) is 0 Å². The van der Waals surface area contributed by atoms with Crippen molar-refractivity contribution < 1.29 is 10.2 Å². The normalized spacial score (nSPS) is 11.1.